The average Bonchev–Trinajstić information content (AvgIpc) is 2.42. The second kappa shape index (κ2) is 7.06. The first-order valence-corrected chi connectivity index (χ1v) is 7.49. The van der Waals surface area contributed by atoms with Crippen LogP contribution in [0.4, 0.5) is 0 Å². The Hall–Kier alpha value is -1.86. The summed E-state index contributed by atoms with van der Waals surface area (Å²) in [5, 5.41) is 0. The summed E-state index contributed by atoms with van der Waals surface area (Å²) in [5.74, 6) is -0.502. The molecule has 0 atom stereocenters. The van der Waals surface area contributed by atoms with Crippen molar-refractivity contribution in [1.82, 2.24) is 4.72 Å². The zero-order chi connectivity index (χ0) is 15.2. The summed E-state index contributed by atoms with van der Waals surface area (Å²) in [7, 11) is -2.29. The van der Waals surface area contributed by atoms with Crippen molar-refractivity contribution in [2.75, 3.05) is 13.7 Å². The maximum Gasteiger partial charge on any atom is 0.252 e. The zero-order valence-corrected chi connectivity index (χ0v) is 12.2. The van der Waals surface area contributed by atoms with Crippen molar-refractivity contribution in [3.63, 3.8) is 0 Å². The van der Waals surface area contributed by atoms with Crippen molar-refractivity contribution >= 4 is 15.9 Å². The van der Waals surface area contributed by atoms with Crippen LogP contribution < -0.4 is 15.2 Å². The van der Waals surface area contributed by atoms with Crippen LogP contribution in [-0.2, 0) is 10.0 Å². The Morgan fingerprint density at radius 1 is 1.45 bits per heavy atom. The Morgan fingerprint density at radius 2 is 2.15 bits per heavy atom. The Balaban J connectivity index is 3.01. The van der Waals surface area contributed by atoms with Crippen LogP contribution in [0.25, 0.3) is 0 Å². The number of nitrogens with two attached hydrogens (primary N) is 1. The van der Waals surface area contributed by atoms with Gasteiger partial charge in [0.25, 0.3) is 5.91 Å². The number of carbonyl (C=O) groups excluding carboxylic acids is 1. The fourth-order valence-corrected chi connectivity index (χ4v) is 2.65. The molecule has 0 aromatic heterocycles. The topological polar surface area (TPSA) is 98.5 Å². The molecule has 6 nitrogen and oxygen atoms in total. The van der Waals surface area contributed by atoms with Crippen LogP contribution in [0.2, 0.25) is 0 Å². The quantitative estimate of drug-likeness (QED) is 0.580. The van der Waals surface area contributed by atoms with Gasteiger partial charge in [0.05, 0.1) is 17.6 Å². The van der Waals surface area contributed by atoms with E-state index in [2.05, 4.69) is 4.72 Å². The minimum absolute atomic E-state index is 0.0208. The Morgan fingerprint density at radius 3 is 2.70 bits per heavy atom. The monoisotopic (exact) mass is 298 g/mol. The van der Waals surface area contributed by atoms with Crippen LogP contribution in [0, 0.1) is 0 Å². The van der Waals surface area contributed by atoms with Crippen molar-refractivity contribution in [2.24, 2.45) is 5.73 Å². The molecule has 1 amide bonds. The highest BCUT2D eigenvalue weighted by atomic mass is 32.2. The summed E-state index contributed by atoms with van der Waals surface area (Å²) < 4.78 is 31.5. The van der Waals surface area contributed by atoms with Gasteiger partial charge in [-0.2, -0.15) is 0 Å². The average molecular weight is 298 g/mol. The highest BCUT2D eigenvalue weighted by molar-refractivity contribution is 7.89. The lowest BCUT2D eigenvalue weighted by Crippen LogP contribution is -2.25. The number of allylic oxidation sites excluding steroid dienone is 1. The first-order valence-electron chi connectivity index (χ1n) is 6.01. The highest BCUT2D eigenvalue weighted by Crippen LogP contribution is 2.21. The number of nitrogens with one attached hydrogen (secondary N) is 1. The number of benzene rings is 1. The lowest BCUT2D eigenvalue weighted by atomic mass is 10.2. The fourth-order valence-electron chi connectivity index (χ4n) is 1.57. The normalized spacial score (nSPS) is 11.7. The zero-order valence-electron chi connectivity index (χ0n) is 11.4. The number of primary amides is 1. The third-order valence-electron chi connectivity index (χ3n) is 2.59. The fraction of sp³-hybridized carbons (Fsp3) is 0.308. The van der Waals surface area contributed by atoms with Gasteiger partial charge in [-0.3, -0.25) is 4.79 Å². The number of sulfonamides is 1. The van der Waals surface area contributed by atoms with E-state index in [1.165, 1.54) is 25.3 Å². The number of amides is 1. The maximum atomic E-state index is 12.0. The minimum atomic E-state index is -3.67. The summed E-state index contributed by atoms with van der Waals surface area (Å²) in [6.45, 7) is 2.14. The molecule has 0 heterocycles. The van der Waals surface area contributed by atoms with Crippen molar-refractivity contribution < 1.29 is 17.9 Å². The van der Waals surface area contributed by atoms with Crippen molar-refractivity contribution in [2.45, 2.75) is 18.2 Å². The van der Waals surface area contributed by atoms with E-state index in [-0.39, 0.29) is 22.8 Å². The Kier molecular flexibility index (Phi) is 5.72. The molecule has 0 saturated heterocycles. The molecule has 1 aromatic carbocycles. The SMILES string of the molecule is C/C=C/CCNS(=O)(=O)c1ccc(OC)c(C(N)=O)c1. The molecular weight excluding hydrogens is 280 g/mol. The van der Waals surface area contributed by atoms with E-state index >= 15 is 0 Å². The number of methoxy groups -OCH3 is 1. The molecule has 20 heavy (non-hydrogen) atoms. The van der Waals surface area contributed by atoms with Gasteiger partial charge < -0.3 is 10.5 Å². The van der Waals surface area contributed by atoms with Crippen LogP contribution in [0.1, 0.15) is 23.7 Å². The third kappa shape index (κ3) is 4.07. The summed E-state index contributed by atoms with van der Waals surface area (Å²) in [4.78, 5) is 11.3. The van der Waals surface area contributed by atoms with Gasteiger partial charge in [0, 0.05) is 6.54 Å². The predicted octanol–water partition coefficient (Wildman–Crippen LogP) is 1.04. The number of rotatable bonds is 7. The molecule has 1 rings (SSSR count). The molecule has 0 unspecified atom stereocenters. The Bertz CT molecular complexity index is 609. The van der Waals surface area contributed by atoms with E-state index in [0.717, 1.165) is 0 Å². The third-order valence-corrected chi connectivity index (χ3v) is 4.04. The van der Waals surface area contributed by atoms with E-state index in [1.807, 2.05) is 19.1 Å². The molecule has 3 N–H and O–H groups in total. The predicted molar refractivity (Wildman–Crippen MR) is 76.1 cm³/mol. The van der Waals surface area contributed by atoms with E-state index in [1.54, 1.807) is 0 Å². The van der Waals surface area contributed by atoms with Crippen LogP contribution in [-0.4, -0.2) is 28.0 Å². The molecule has 7 heteroatoms. The number of carbonyl (C=O) groups is 1. The maximum absolute atomic E-state index is 12.0. The van der Waals surface area contributed by atoms with Gasteiger partial charge in [-0.25, -0.2) is 13.1 Å². The lowest BCUT2D eigenvalue weighted by molar-refractivity contribution is 0.0997. The highest BCUT2D eigenvalue weighted by Gasteiger charge is 2.17. The summed E-state index contributed by atoms with van der Waals surface area (Å²) in [5.41, 5.74) is 5.23. The van der Waals surface area contributed by atoms with E-state index in [9.17, 15) is 13.2 Å². The van der Waals surface area contributed by atoms with Gasteiger partial charge in [0.15, 0.2) is 0 Å². The number of hydrogen-bond acceptors (Lipinski definition) is 4. The molecule has 0 radical (unpaired) electrons. The molecule has 0 spiro atoms. The molecular formula is C13H18N2O4S. The minimum Gasteiger partial charge on any atom is -0.496 e. The first kappa shape index (κ1) is 16.2. The lowest BCUT2D eigenvalue weighted by Gasteiger charge is -2.09. The van der Waals surface area contributed by atoms with Gasteiger partial charge in [0.1, 0.15) is 5.75 Å². The molecule has 0 bridgehead atoms. The van der Waals surface area contributed by atoms with Gasteiger partial charge in [-0.15, -0.1) is 0 Å². The van der Waals surface area contributed by atoms with Crippen LogP contribution in [0.3, 0.4) is 0 Å². The molecule has 0 aliphatic rings. The van der Waals surface area contributed by atoms with E-state index in [0.29, 0.717) is 6.42 Å². The van der Waals surface area contributed by atoms with Crippen molar-refractivity contribution in [1.29, 1.82) is 0 Å². The molecule has 1 aromatic rings. The molecule has 0 aliphatic carbocycles. The smallest absolute Gasteiger partial charge is 0.252 e. The second-order valence-electron chi connectivity index (χ2n) is 3.98. The molecule has 0 saturated carbocycles. The number of ether oxygens (including phenoxy) is 1. The van der Waals surface area contributed by atoms with Crippen LogP contribution in [0.15, 0.2) is 35.2 Å². The first-order chi connectivity index (χ1) is 9.42. The summed E-state index contributed by atoms with van der Waals surface area (Å²) >= 11 is 0. The Labute approximate surface area is 118 Å². The molecule has 110 valence electrons. The van der Waals surface area contributed by atoms with E-state index < -0.39 is 15.9 Å². The summed E-state index contributed by atoms with van der Waals surface area (Å²) in [6.07, 6.45) is 4.28. The van der Waals surface area contributed by atoms with Gasteiger partial charge in [0.2, 0.25) is 10.0 Å². The second-order valence-corrected chi connectivity index (χ2v) is 5.75. The standard InChI is InChI=1S/C13H18N2O4S/c1-3-4-5-8-15-20(17,18)10-6-7-12(19-2)11(9-10)13(14)16/h3-4,6-7,9,15H,5,8H2,1-2H3,(H2,14,16)/b4-3+. The number of hydrogen-bond donors (Lipinski definition) is 2. The summed E-state index contributed by atoms with van der Waals surface area (Å²) in [6, 6.07) is 3.98. The van der Waals surface area contributed by atoms with Gasteiger partial charge in [-0.05, 0) is 31.5 Å². The van der Waals surface area contributed by atoms with Crippen molar-refractivity contribution in [3.8, 4) is 5.75 Å². The van der Waals surface area contributed by atoms with E-state index in [4.69, 9.17) is 10.5 Å². The molecule has 0 fully saturated rings. The van der Waals surface area contributed by atoms with Crippen LogP contribution >= 0.6 is 0 Å². The van der Waals surface area contributed by atoms with Crippen LogP contribution in [0.5, 0.6) is 5.75 Å². The molecule has 0 aliphatic heterocycles. The van der Waals surface area contributed by atoms with Crippen molar-refractivity contribution in [3.05, 3.63) is 35.9 Å². The van der Waals surface area contributed by atoms with Gasteiger partial charge in [-0.1, -0.05) is 12.2 Å². The largest absolute Gasteiger partial charge is 0.496 e. The van der Waals surface area contributed by atoms with Gasteiger partial charge >= 0.3 is 0 Å².